The molecule has 0 atom stereocenters. The van der Waals surface area contributed by atoms with Crippen molar-refractivity contribution in [3.63, 3.8) is 0 Å². The lowest BCUT2D eigenvalue weighted by Crippen LogP contribution is -2.14. The number of hydrogen-bond donors (Lipinski definition) is 1. The van der Waals surface area contributed by atoms with Crippen LogP contribution in [-0.4, -0.2) is 6.54 Å². The number of rotatable bonds is 5. The lowest BCUT2D eigenvalue weighted by atomic mass is 9.98. The van der Waals surface area contributed by atoms with Gasteiger partial charge in [0.15, 0.2) is 0 Å². The van der Waals surface area contributed by atoms with Crippen LogP contribution in [-0.2, 0) is 6.54 Å². The fourth-order valence-corrected chi connectivity index (χ4v) is 2.11. The van der Waals surface area contributed by atoms with Crippen molar-refractivity contribution < 1.29 is 0 Å². The summed E-state index contributed by atoms with van der Waals surface area (Å²) in [5.74, 6) is 0. The highest BCUT2D eigenvalue weighted by Gasteiger charge is 2.04. The molecule has 0 unspecified atom stereocenters. The Morgan fingerprint density at radius 1 is 1.11 bits per heavy atom. The van der Waals surface area contributed by atoms with E-state index in [1.807, 2.05) is 24.3 Å². The summed E-state index contributed by atoms with van der Waals surface area (Å²) in [6.07, 6.45) is 1.13. The van der Waals surface area contributed by atoms with Gasteiger partial charge >= 0.3 is 0 Å². The van der Waals surface area contributed by atoms with Crippen molar-refractivity contribution in [3.8, 4) is 17.2 Å². The standard InChI is InChI=1S/C17H18N2/c1-2-10-19-13-16-7-3-4-9-17(16)15-8-5-6-14(11-15)12-18/h3-9,11,19H,2,10,13H2,1H3. The number of nitrogens with one attached hydrogen (secondary N) is 1. The average molecular weight is 250 g/mol. The van der Waals surface area contributed by atoms with Crippen molar-refractivity contribution in [1.29, 1.82) is 5.26 Å². The minimum atomic E-state index is 0.703. The van der Waals surface area contributed by atoms with E-state index in [-0.39, 0.29) is 0 Å². The molecule has 0 spiro atoms. The van der Waals surface area contributed by atoms with E-state index < -0.39 is 0 Å². The van der Waals surface area contributed by atoms with E-state index >= 15 is 0 Å². The minimum absolute atomic E-state index is 0.703. The van der Waals surface area contributed by atoms with E-state index in [0.29, 0.717) is 5.56 Å². The highest BCUT2D eigenvalue weighted by molar-refractivity contribution is 5.68. The lowest BCUT2D eigenvalue weighted by molar-refractivity contribution is 0.676. The molecule has 2 nitrogen and oxygen atoms in total. The summed E-state index contributed by atoms with van der Waals surface area (Å²) in [6, 6.07) is 18.3. The van der Waals surface area contributed by atoms with Gasteiger partial charge in [0.05, 0.1) is 11.6 Å². The molecule has 0 aliphatic rings. The summed E-state index contributed by atoms with van der Waals surface area (Å²) in [6.45, 7) is 4.04. The van der Waals surface area contributed by atoms with Crippen LogP contribution in [0.4, 0.5) is 0 Å². The molecule has 2 aromatic carbocycles. The number of nitriles is 1. The van der Waals surface area contributed by atoms with Gasteiger partial charge in [-0.3, -0.25) is 0 Å². The van der Waals surface area contributed by atoms with Gasteiger partial charge in [-0.25, -0.2) is 0 Å². The van der Waals surface area contributed by atoms with Crippen molar-refractivity contribution in [2.75, 3.05) is 6.54 Å². The van der Waals surface area contributed by atoms with Crippen molar-refractivity contribution in [3.05, 3.63) is 59.7 Å². The number of hydrogen-bond acceptors (Lipinski definition) is 2. The van der Waals surface area contributed by atoms with Crippen LogP contribution in [0, 0.1) is 11.3 Å². The van der Waals surface area contributed by atoms with E-state index in [1.54, 1.807) is 0 Å². The van der Waals surface area contributed by atoms with Gasteiger partial charge in [-0.1, -0.05) is 43.3 Å². The molecule has 0 aliphatic heterocycles. The molecule has 0 radical (unpaired) electrons. The first-order valence-electron chi connectivity index (χ1n) is 6.64. The first-order chi connectivity index (χ1) is 9.35. The second-order valence-electron chi connectivity index (χ2n) is 4.53. The van der Waals surface area contributed by atoms with Crippen LogP contribution < -0.4 is 5.32 Å². The van der Waals surface area contributed by atoms with Crippen LogP contribution in [0.1, 0.15) is 24.5 Å². The van der Waals surface area contributed by atoms with Gasteiger partial charge in [-0.2, -0.15) is 5.26 Å². The Balaban J connectivity index is 2.30. The largest absolute Gasteiger partial charge is 0.313 e. The molecular weight excluding hydrogens is 232 g/mol. The molecule has 0 aromatic heterocycles. The Hall–Kier alpha value is -2.11. The average Bonchev–Trinajstić information content (AvgIpc) is 2.48. The summed E-state index contributed by atoms with van der Waals surface area (Å²) in [5, 5.41) is 12.4. The summed E-state index contributed by atoms with van der Waals surface area (Å²) in [4.78, 5) is 0. The Bertz CT molecular complexity index is 582. The molecule has 96 valence electrons. The van der Waals surface area contributed by atoms with E-state index in [1.165, 1.54) is 11.1 Å². The van der Waals surface area contributed by atoms with Gasteiger partial charge < -0.3 is 5.32 Å². The molecule has 0 saturated carbocycles. The lowest BCUT2D eigenvalue weighted by Gasteiger charge is -2.10. The summed E-state index contributed by atoms with van der Waals surface area (Å²) in [7, 11) is 0. The monoisotopic (exact) mass is 250 g/mol. The van der Waals surface area contributed by atoms with Crippen LogP contribution in [0.5, 0.6) is 0 Å². The van der Waals surface area contributed by atoms with Gasteiger partial charge in [0.2, 0.25) is 0 Å². The normalized spacial score (nSPS) is 10.1. The summed E-state index contributed by atoms with van der Waals surface area (Å²) in [5.41, 5.74) is 4.27. The maximum Gasteiger partial charge on any atom is 0.0991 e. The van der Waals surface area contributed by atoms with Crippen LogP contribution in [0.2, 0.25) is 0 Å². The molecule has 2 aromatic rings. The summed E-state index contributed by atoms with van der Waals surface area (Å²) < 4.78 is 0. The number of benzene rings is 2. The summed E-state index contributed by atoms with van der Waals surface area (Å²) >= 11 is 0. The molecule has 0 saturated heterocycles. The molecule has 0 aliphatic carbocycles. The van der Waals surface area contributed by atoms with Gasteiger partial charge in [-0.05, 0) is 41.8 Å². The third kappa shape index (κ3) is 3.43. The molecule has 2 rings (SSSR count). The van der Waals surface area contributed by atoms with E-state index in [9.17, 15) is 0 Å². The van der Waals surface area contributed by atoms with E-state index in [0.717, 1.165) is 25.1 Å². The zero-order chi connectivity index (χ0) is 13.5. The predicted molar refractivity (Wildman–Crippen MR) is 78.6 cm³/mol. The van der Waals surface area contributed by atoms with Gasteiger partial charge in [0.1, 0.15) is 0 Å². The Kier molecular flexibility index (Phi) is 4.72. The topological polar surface area (TPSA) is 35.8 Å². The molecule has 0 bridgehead atoms. The van der Waals surface area contributed by atoms with Crippen LogP contribution in [0.15, 0.2) is 48.5 Å². The Labute approximate surface area is 114 Å². The highest BCUT2D eigenvalue weighted by atomic mass is 14.8. The van der Waals surface area contributed by atoms with E-state index in [4.69, 9.17) is 5.26 Å². The highest BCUT2D eigenvalue weighted by Crippen LogP contribution is 2.24. The molecule has 0 fully saturated rings. The maximum absolute atomic E-state index is 8.99. The maximum atomic E-state index is 8.99. The smallest absolute Gasteiger partial charge is 0.0991 e. The Morgan fingerprint density at radius 2 is 1.95 bits per heavy atom. The number of nitrogens with zero attached hydrogens (tertiary/aromatic N) is 1. The van der Waals surface area contributed by atoms with Crippen molar-refractivity contribution in [2.24, 2.45) is 0 Å². The zero-order valence-electron chi connectivity index (χ0n) is 11.2. The first kappa shape index (κ1) is 13.3. The predicted octanol–water partition coefficient (Wildman–Crippen LogP) is 3.72. The fourth-order valence-electron chi connectivity index (χ4n) is 2.11. The van der Waals surface area contributed by atoms with E-state index in [2.05, 4.69) is 42.6 Å². The second-order valence-corrected chi connectivity index (χ2v) is 4.53. The molecule has 0 amide bonds. The van der Waals surface area contributed by atoms with Gasteiger partial charge in [0, 0.05) is 6.54 Å². The van der Waals surface area contributed by atoms with Crippen LogP contribution in [0.3, 0.4) is 0 Å². The first-order valence-corrected chi connectivity index (χ1v) is 6.64. The molecular formula is C17H18N2. The molecule has 1 N–H and O–H groups in total. The fraction of sp³-hybridized carbons (Fsp3) is 0.235. The third-order valence-electron chi connectivity index (χ3n) is 3.06. The molecule has 19 heavy (non-hydrogen) atoms. The van der Waals surface area contributed by atoms with Gasteiger partial charge in [-0.15, -0.1) is 0 Å². The second kappa shape index (κ2) is 6.72. The molecule has 0 heterocycles. The Morgan fingerprint density at radius 3 is 2.74 bits per heavy atom. The zero-order valence-corrected chi connectivity index (χ0v) is 11.2. The van der Waals surface area contributed by atoms with Crippen molar-refractivity contribution in [1.82, 2.24) is 5.32 Å². The molecule has 2 heteroatoms. The van der Waals surface area contributed by atoms with Gasteiger partial charge in [0.25, 0.3) is 0 Å². The SMILES string of the molecule is CCCNCc1ccccc1-c1cccc(C#N)c1. The van der Waals surface area contributed by atoms with Crippen LogP contribution >= 0.6 is 0 Å². The van der Waals surface area contributed by atoms with Crippen molar-refractivity contribution >= 4 is 0 Å². The van der Waals surface area contributed by atoms with Crippen molar-refractivity contribution in [2.45, 2.75) is 19.9 Å². The quantitative estimate of drug-likeness (QED) is 0.821. The minimum Gasteiger partial charge on any atom is -0.313 e. The van der Waals surface area contributed by atoms with Crippen LogP contribution in [0.25, 0.3) is 11.1 Å². The third-order valence-corrected chi connectivity index (χ3v) is 3.06.